The molecule has 2 rings (SSSR count). The maximum Gasteiger partial charge on any atom is 0.338 e. The van der Waals surface area contributed by atoms with Crippen LogP contribution in [0.3, 0.4) is 0 Å². The van der Waals surface area contributed by atoms with Crippen LogP contribution in [0.25, 0.3) is 0 Å². The summed E-state index contributed by atoms with van der Waals surface area (Å²) >= 11 is 0. The molecule has 0 aliphatic carbocycles. The van der Waals surface area contributed by atoms with Crippen LogP contribution in [0.1, 0.15) is 39.6 Å². The van der Waals surface area contributed by atoms with Crippen molar-refractivity contribution in [3.8, 4) is 0 Å². The third-order valence-corrected chi connectivity index (χ3v) is 3.18. The zero-order chi connectivity index (χ0) is 15.9. The Morgan fingerprint density at radius 1 is 0.818 bits per heavy atom. The van der Waals surface area contributed by atoms with Crippen molar-refractivity contribution in [2.75, 3.05) is 6.61 Å². The van der Waals surface area contributed by atoms with Crippen LogP contribution in [-0.4, -0.2) is 24.1 Å². The van der Waals surface area contributed by atoms with Crippen LogP contribution in [0.4, 0.5) is 0 Å². The molecule has 22 heavy (non-hydrogen) atoms. The van der Waals surface area contributed by atoms with Gasteiger partial charge in [0, 0.05) is 17.5 Å². The molecule has 0 heterocycles. The second-order valence-electron chi connectivity index (χ2n) is 4.74. The van der Waals surface area contributed by atoms with Crippen molar-refractivity contribution in [2.45, 2.75) is 13.3 Å². The van der Waals surface area contributed by atoms with E-state index in [2.05, 4.69) is 0 Å². The van der Waals surface area contributed by atoms with E-state index in [0.29, 0.717) is 23.1 Å². The molecule has 0 radical (unpaired) electrons. The van der Waals surface area contributed by atoms with Crippen molar-refractivity contribution in [3.05, 3.63) is 71.3 Å². The van der Waals surface area contributed by atoms with Gasteiger partial charge in [-0.2, -0.15) is 0 Å². The highest BCUT2D eigenvalue weighted by molar-refractivity contribution is 6.09. The van der Waals surface area contributed by atoms with Crippen molar-refractivity contribution >= 4 is 17.5 Å². The maximum absolute atomic E-state index is 12.2. The number of ether oxygens (including phenoxy) is 1. The lowest BCUT2D eigenvalue weighted by Crippen LogP contribution is -2.13. The smallest absolute Gasteiger partial charge is 0.338 e. The van der Waals surface area contributed by atoms with Crippen molar-refractivity contribution in [1.82, 2.24) is 0 Å². The summed E-state index contributed by atoms with van der Waals surface area (Å²) in [4.78, 5) is 35.1. The lowest BCUT2D eigenvalue weighted by atomic mass is 10.0. The van der Waals surface area contributed by atoms with E-state index in [9.17, 15) is 14.4 Å². The fraction of sp³-hybridized carbons (Fsp3) is 0.167. The van der Waals surface area contributed by atoms with Crippen LogP contribution in [0, 0.1) is 0 Å². The topological polar surface area (TPSA) is 60.4 Å². The van der Waals surface area contributed by atoms with Gasteiger partial charge < -0.3 is 4.74 Å². The standard InChI is InChI=1S/C18H16O4/c1-2-16(19)12-22-18(21)15-10-8-14(9-11-15)17(20)13-6-4-3-5-7-13/h3-11H,2,12H2,1H3. The second-order valence-corrected chi connectivity index (χ2v) is 4.74. The minimum absolute atomic E-state index is 0.110. The molecule has 0 saturated carbocycles. The normalized spacial score (nSPS) is 10.0. The van der Waals surface area contributed by atoms with Gasteiger partial charge in [-0.05, 0) is 12.1 Å². The monoisotopic (exact) mass is 296 g/mol. The number of carbonyl (C=O) groups is 3. The summed E-state index contributed by atoms with van der Waals surface area (Å²) in [7, 11) is 0. The molecule has 4 heteroatoms. The number of benzene rings is 2. The Bertz CT molecular complexity index is 672. The highest BCUT2D eigenvalue weighted by Crippen LogP contribution is 2.11. The first-order valence-corrected chi connectivity index (χ1v) is 7.00. The van der Waals surface area contributed by atoms with E-state index in [4.69, 9.17) is 4.74 Å². The SMILES string of the molecule is CCC(=O)COC(=O)c1ccc(C(=O)c2ccccc2)cc1. The number of ketones is 2. The van der Waals surface area contributed by atoms with Gasteiger partial charge in [-0.25, -0.2) is 4.79 Å². The third-order valence-electron chi connectivity index (χ3n) is 3.18. The summed E-state index contributed by atoms with van der Waals surface area (Å²) in [5.41, 5.74) is 1.40. The molecular formula is C18H16O4. The summed E-state index contributed by atoms with van der Waals surface area (Å²) in [5, 5.41) is 0. The second kappa shape index (κ2) is 7.31. The van der Waals surface area contributed by atoms with Crippen molar-refractivity contribution in [1.29, 1.82) is 0 Å². The predicted octanol–water partition coefficient (Wildman–Crippen LogP) is 3.05. The highest BCUT2D eigenvalue weighted by atomic mass is 16.5. The van der Waals surface area contributed by atoms with Crippen LogP contribution in [-0.2, 0) is 9.53 Å². The zero-order valence-electron chi connectivity index (χ0n) is 12.2. The first-order chi connectivity index (χ1) is 10.6. The summed E-state index contributed by atoms with van der Waals surface area (Å²) in [6.45, 7) is 1.49. The molecule has 2 aromatic carbocycles. The minimum Gasteiger partial charge on any atom is -0.454 e. The number of Topliss-reactive ketones (excluding diaryl/α,β-unsaturated/α-hetero) is 1. The Kier molecular flexibility index (Phi) is 5.20. The first-order valence-electron chi connectivity index (χ1n) is 7.00. The predicted molar refractivity (Wildman–Crippen MR) is 81.9 cm³/mol. The number of carbonyl (C=O) groups excluding carboxylic acids is 3. The molecule has 4 nitrogen and oxygen atoms in total. The fourth-order valence-corrected chi connectivity index (χ4v) is 1.85. The summed E-state index contributed by atoms with van der Waals surface area (Å²) in [5.74, 6) is -0.814. The molecule has 0 aliphatic rings. The van der Waals surface area contributed by atoms with Gasteiger partial charge >= 0.3 is 5.97 Å². The minimum atomic E-state index is -0.569. The highest BCUT2D eigenvalue weighted by Gasteiger charge is 2.12. The van der Waals surface area contributed by atoms with Crippen LogP contribution in [0.2, 0.25) is 0 Å². The Balaban J connectivity index is 2.05. The molecule has 0 fully saturated rings. The van der Waals surface area contributed by atoms with Gasteiger partial charge in [-0.1, -0.05) is 49.4 Å². The Morgan fingerprint density at radius 3 is 1.95 bits per heavy atom. The van der Waals surface area contributed by atoms with Crippen LogP contribution in [0.5, 0.6) is 0 Å². The molecule has 0 aliphatic heterocycles. The van der Waals surface area contributed by atoms with E-state index < -0.39 is 5.97 Å². The van der Waals surface area contributed by atoms with Gasteiger partial charge in [-0.3, -0.25) is 9.59 Å². The van der Waals surface area contributed by atoms with Gasteiger partial charge in [-0.15, -0.1) is 0 Å². The summed E-state index contributed by atoms with van der Waals surface area (Å²) < 4.78 is 4.89. The van der Waals surface area contributed by atoms with Crippen molar-refractivity contribution in [2.24, 2.45) is 0 Å². The van der Waals surface area contributed by atoms with Crippen molar-refractivity contribution in [3.63, 3.8) is 0 Å². The number of hydrogen-bond donors (Lipinski definition) is 0. The molecule has 0 spiro atoms. The largest absolute Gasteiger partial charge is 0.454 e. The summed E-state index contributed by atoms with van der Waals surface area (Å²) in [6.07, 6.45) is 0.331. The fourth-order valence-electron chi connectivity index (χ4n) is 1.85. The lowest BCUT2D eigenvalue weighted by Gasteiger charge is -2.05. The molecular weight excluding hydrogens is 280 g/mol. The van der Waals surface area contributed by atoms with E-state index in [1.54, 1.807) is 43.3 Å². The van der Waals surface area contributed by atoms with Gasteiger partial charge in [0.1, 0.15) is 6.61 Å². The zero-order valence-corrected chi connectivity index (χ0v) is 12.2. The number of rotatable bonds is 6. The first kappa shape index (κ1) is 15.6. The molecule has 0 unspecified atom stereocenters. The molecule has 0 atom stereocenters. The van der Waals surface area contributed by atoms with E-state index >= 15 is 0 Å². The quantitative estimate of drug-likeness (QED) is 0.607. The molecule has 0 aromatic heterocycles. The average molecular weight is 296 g/mol. The Morgan fingerprint density at radius 2 is 1.36 bits per heavy atom. The van der Waals surface area contributed by atoms with Crippen LogP contribution in [0.15, 0.2) is 54.6 Å². The molecule has 2 aromatic rings. The summed E-state index contributed by atoms with van der Waals surface area (Å²) in [6, 6.07) is 15.1. The van der Waals surface area contributed by atoms with Gasteiger partial charge in [0.2, 0.25) is 0 Å². The van der Waals surface area contributed by atoms with Crippen molar-refractivity contribution < 1.29 is 19.1 Å². The van der Waals surface area contributed by atoms with E-state index in [-0.39, 0.29) is 18.2 Å². The van der Waals surface area contributed by atoms with Gasteiger partial charge in [0.05, 0.1) is 5.56 Å². The van der Waals surface area contributed by atoms with Crippen LogP contribution < -0.4 is 0 Å². The molecule has 0 N–H and O–H groups in total. The molecule has 112 valence electrons. The van der Waals surface area contributed by atoms with Gasteiger partial charge in [0.15, 0.2) is 11.6 Å². The lowest BCUT2D eigenvalue weighted by molar-refractivity contribution is -0.121. The van der Waals surface area contributed by atoms with Gasteiger partial charge in [0.25, 0.3) is 0 Å². The van der Waals surface area contributed by atoms with Crippen LogP contribution >= 0.6 is 0 Å². The third kappa shape index (κ3) is 3.88. The average Bonchev–Trinajstić information content (AvgIpc) is 2.59. The molecule has 0 saturated heterocycles. The van der Waals surface area contributed by atoms with E-state index in [1.807, 2.05) is 6.07 Å². The molecule has 0 amide bonds. The Labute approximate surface area is 128 Å². The molecule has 0 bridgehead atoms. The van der Waals surface area contributed by atoms with E-state index in [1.165, 1.54) is 12.1 Å². The maximum atomic E-state index is 12.2. The Hall–Kier alpha value is -2.75. The van der Waals surface area contributed by atoms with E-state index in [0.717, 1.165) is 0 Å². The number of esters is 1. The number of hydrogen-bond acceptors (Lipinski definition) is 4.